The fourth-order valence-corrected chi connectivity index (χ4v) is 2.30. The molecule has 110 valence electrons. The average molecular weight is 291 g/mol. The Balaban J connectivity index is 2.18. The normalized spacial score (nSPS) is 11.5. The van der Waals surface area contributed by atoms with E-state index in [1.807, 2.05) is 67.6 Å². The van der Waals surface area contributed by atoms with Crippen molar-refractivity contribution < 1.29 is 9.15 Å². The number of ether oxygens (including phenoxy) is 1. The number of benzene rings is 2. The van der Waals surface area contributed by atoms with E-state index in [4.69, 9.17) is 14.1 Å². The molecule has 2 aromatic carbocycles. The van der Waals surface area contributed by atoms with Crippen molar-refractivity contribution in [1.29, 1.82) is 0 Å². The number of furan rings is 1. The molecule has 0 spiro atoms. The zero-order chi connectivity index (χ0) is 15.4. The summed E-state index contributed by atoms with van der Waals surface area (Å²) in [5.41, 5.74) is 3.64. The van der Waals surface area contributed by atoms with E-state index < -0.39 is 0 Å². The topological polar surface area (TPSA) is 34.7 Å². The van der Waals surface area contributed by atoms with Gasteiger partial charge in [0.25, 0.3) is 0 Å². The third-order valence-corrected chi connectivity index (χ3v) is 3.44. The molecular formula is C19H17NO2. The Bertz CT molecular complexity index is 788. The van der Waals surface area contributed by atoms with E-state index in [0.29, 0.717) is 0 Å². The minimum Gasteiger partial charge on any atom is -0.494 e. The van der Waals surface area contributed by atoms with Crippen LogP contribution in [0.15, 0.2) is 76.3 Å². The van der Waals surface area contributed by atoms with Crippen molar-refractivity contribution in [2.24, 2.45) is 4.99 Å². The van der Waals surface area contributed by atoms with E-state index in [9.17, 15) is 0 Å². The second kappa shape index (κ2) is 6.31. The van der Waals surface area contributed by atoms with Gasteiger partial charge in [-0.2, -0.15) is 0 Å². The lowest BCUT2D eigenvalue weighted by molar-refractivity contribution is 0.416. The lowest BCUT2D eigenvalue weighted by Crippen LogP contribution is -2.03. The number of nitrogens with zero attached hydrogens (tertiary/aromatic N) is 1. The van der Waals surface area contributed by atoms with Crippen molar-refractivity contribution in [2.45, 2.75) is 6.92 Å². The fourth-order valence-electron chi connectivity index (χ4n) is 2.30. The van der Waals surface area contributed by atoms with Crippen molar-refractivity contribution in [3.05, 3.63) is 83.8 Å². The number of para-hydroxylation sites is 2. The second-order valence-corrected chi connectivity index (χ2v) is 4.93. The monoisotopic (exact) mass is 291 g/mol. The van der Waals surface area contributed by atoms with Crippen LogP contribution in [0.25, 0.3) is 0 Å². The molecule has 0 aliphatic heterocycles. The molecule has 0 radical (unpaired) electrons. The second-order valence-electron chi connectivity index (χ2n) is 4.93. The summed E-state index contributed by atoms with van der Waals surface area (Å²) in [5, 5.41) is 0. The largest absolute Gasteiger partial charge is 0.494 e. The molecule has 22 heavy (non-hydrogen) atoms. The maximum atomic E-state index is 5.65. The minimum atomic E-state index is 0.736. The van der Waals surface area contributed by atoms with E-state index >= 15 is 0 Å². The van der Waals surface area contributed by atoms with E-state index in [-0.39, 0.29) is 0 Å². The molecule has 0 atom stereocenters. The highest BCUT2D eigenvalue weighted by Gasteiger charge is 2.14. The maximum Gasteiger partial charge on any atom is 0.155 e. The first-order valence-electron chi connectivity index (χ1n) is 7.11. The number of rotatable bonds is 4. The number of methoxy groups -OCH3 is 1. The summed E-state index contributed by atoms with van der Waals surface area (Å²) in [6, 6.07) is 19.7. The molecular weight excluding hydrogens is 274 g/mol. The average Bonchev–Trinajstić information content (AvgIpc) is 2.99. The van der Waals surface area contributed by atoms with Gasteiger partial charge in [0.05, 0.1) is 13.4 Å². The lowest BCUT2D eigenvalue weighted by atomic mass is 10.1. The van der Waals surface area contributed by atoms with Crippen LogP contribution in [0, 0.1) is 6.92 Å². The van der Waals surface area contributed by atoms with Gasteiger partial charge in [0, 0.05) is 5.56 Å². The first kappa shape index (κ1) is 14.1. The van der Waals surface area contributed by atoms with Gasteiger partial charge >= 0.3 is 0 Å². The van der Waals surface area contributed by atoms with Crippen molar-refractivity contribution in [2.75, 3.05) is 7.11 Å². The molecule has 0 aliphatic rings. The third kappa shape index (κ3) is 2.79. The quantitative estimate of drug-likeness (QED) is 0.649. The van der Waals surface area contributed by atoms with Gasteiger partial charge in [-0.25, -0.2) is 4.99 Å². The van der Waals surface area contributed by atoms with E-state index in [0.717, 1.165) is 34.0 Å². The van der Waals surface area contributed by atoms with Gasteiger partial charge in [0.15, 0.2) is 5.76 Å². The number of hydrogen-bond acceptors (Lipinski definition) is 3. The predicted molar refractivity (Wildman–Crippen MR) is 88.2 cm³/mol. The molecule has 3 aromatic rings. The molecule has 0 amide bonds. The Morgan fingerprint density at radius 2 is 1.68 bits per heavy atom. The molecule has 0 saturated heterocycles. The predicted octanol–water partition coefficient (Wildman–Crippen LogP) is 4.77. The van der Waals surface area contributed by atoms with Crippen molar-refractivity contribution >= 4 is 11.4 Å². The molecule has 0 N–H and O–H groups in total. The Morgan fingerprint density at radius 1 is 0.955 bits per heavy atom. The zero-order valence-electron chi connectivity index (χ0n) is 12.6. The minimum absolute atomic E-state index is 0.736. The summed E-state index contributed by atoms with van der Waals surface area (Å²) in [6.07, 6.45) is 1.69. The highest BCUT2D eigenvalue weighted by Crippen LogP contribution is 2.29. The molecule has 0 saturated carbocycles. The summed E-state index contributed by atoms with van der Waals surface area (Å²) in [6.45, 7) is 2.01. The molecule has 0 unspecified atom stereocenters. The van der Waals surface area contributed by atoms with Crippen LogP contribution in [-0.4, -0.2) is 12.8 Å². The van der Waals surface area contributed by atoms with E-state index in [1.54, 1.807) is 13.4 Å². The van der Waals surface area contributed by atoms with E-state index in [2.05, 4.69) is 0 Å². The lowest BCUT2D eigenvalue weighted by Gasteiger charge is -2.08. The Morgan fingerprint density at radius 3 is 2.36 bits per heavy atom. The molecule has 3 heteroatoms. The summed E-state index contributed by atoms with van der Waals surface area (Å²) >= 11 is 0. The van der Waals surface area contributed by atoms with Crippen LogP contribution >= 0.6 is 0 Å². The van der Waals surface area contributed by atoms with Gasteiger partial charge in [-0.05, 0) is 30.7 Å². The third-order valence-electron chi connectivity index (χ3n) is 3.44. The van der Waals surface area contributed by atoms with Gasteiger partial charge in [-0.1, -0.05) is 42.5 Å². The fraction of sp³-hybridized carbons (Fsp3) is 0.105. The maximum absolute atomic E-state index is 5.65. The molecule has 3 rings (SSSR count). The molecule has 1 heterocycles. The van der Waals surface area contributed by atoms with Crippen molar-refractivity contribution in [3.8, 4) is 5.75 Å². The first-order chi connectivity index (χ1) is 10.8. The summed E-state index contributed by atoms with van der Waals surface area (Å²) in [7, 11) is 1.65. The Kier molecular flexibility index (Phi) is 4.05. The van der Waals surface area contributed by atoms with Gasteiger partial charge in [0.2, 0.25) is 0 Å². The summed E-state index contributed by atoms with van der Waals surface area (Å²) in [5.74, 6) is 1.51. The molecule has 0 aliphatic carbocycles. The standard InChI is InChI=1S/C19H17NO2/c1-14-12-13-22-19(14)18(15-8-4-3-5-9-15)20-16-10-6-7-11-17(16)21-2/h3-13H,1-2H3. The summed E-state index contributed by atoms with van der Waals surface area (Å²) < 4.78 is 11.0. The van der Waals surface area contributed by atoms with Crippen LogP contribution in [-0.2, 0) is 0 Å². The van der Waals surface area contributed by atoms with E-state index in [1.165, 1.54) is 0 Å². The highest BCUT2D eigenvalue weighted by molar-refractivity contribution is 6.13. The Labute approximate surface area is 129 Å². The zero-order valence-corrected chi connectivity index (χ0v) is 12.6. The van der Waals surface area contributed by atoms with Crippen LogP contribution in [0.3, 0.4) is 0 Å². The van der Waals surface area contributed by atoms with Crippen LogP contribution in [0.2, 0.25) is 0 Å². The SMILES string of the molecule is COc1ccccc1N=C(c1ccccc1)c1occc1C. The number of hydrogen-bond donors (Lipinski definition) is 0. The Hall–Kier alpha value is -2.81. The summed E-state index contributed by atoms with van der Waals surface area (Å²) in [4.78, 5) is 4.80. The van der Waals surface area contributed by atoms with Gasteiger partial charge < -0.3 is 9.15 Å². The van der Waals surface area contributed by atoms with Crippen LogP contribution in [0.1, 0.15) is 16.9 Å². The van der Waals surface area contributed by atoms with Crippen LogP contribution in [0.5, 0.6) is 5.75 Å². The molecule has 1 aromatic heterocycles. The van der Waals surface area contributed by atoms with Gasteiger partial charge in [0.1, 0.15) is 17.1 Å². The molecule has 0 bridgehead atoms. The highest BCUT2D eigenvalue weighted by atomic mass is 16.5. The van der Waals surface area contributed by atoms with Crippen molar-refractivity contribution in [1.82, 2.24) is 0 Å². The van der Waals surface area contributed by atoms with Gasteiger partial charge in [-0.15, -0.1) is 0 Å². The van der Waals surface area contributed by atoms with Crippen LogP contribution in [0.4, 0.5) is 5.69 Å². The molecule has 0 fully saturated rings. The number of aliphatic imine (C=N–C) groups is 1. The van der Waals surface area contributed by atoms with Crippen molar-refractivity contribution in [3.63, 3.8) is 0 Å². The number of aryl methyl sites for hydroxylation is 1. The van der Waals surface area contributed by atoms with Gasteiger partial charge in [-0.3, -0.25) is 0 Å². The first-order valence-corrected chi connectivity index (χ1v) is 7.11. The smallest absolute Gasteiger partial charge is 0.155 e. The molecule has 3 nitrogen and oxygen atoms in total. The van der Waals surface area contributed by atoms with Crippen LogP contribution < -0.4 is 4.74 Å².